The van der Waals surface area contributed by atoms with E-state index in [0.717, 1.165) is 47.9 Å². The highest BCUT2D eigenvalue weighted by atomic mass is 19.1. The highest BCUT2D eigenvalue weighted by Crippen LogP contribution is 2.32. The molecule has 0 radical (unpaired) electrons. The fraction of sp³-hybridized carbons (Fsp3) is 0.346. The van der Waals surface area contributed by atoms with Crippen LogP contribution in [0.3, 0.4) is 0 Å². The van der Waals surface area contributed by atoms with Gasteiger partial charge in [-0.1, -0.05) is 0 Å². The van der Waals surface area contributed by atoms with Crippen molar-refractivity contribution in [2.45, 2.75) is 38.6 Å². The predicted molar refractivity (Wildman–Crippen MR) is 131 cm³/mol. The Hall–Kier alpha value is -3.99. The maximum atomic E-state index is 13.6. The number of amides is 1. The molecule has 192 valence electrons. The second kappa shape index (κ2) is 9.15. The lowest BCUT2D eigenvalue weighted by molar-refractivity contribution is 0.0655. The molecule has 2 unspecified atom stereocenters. The Morgan fingerprint density at radius 3 is 2.70 bits per heavy atom. The average Bonchev–Trinajstić information content (AvgIpc) is 3.61. The first-order valence-corrected chi connectivity index (χ1v) is 12.2. The third-order valence-corrected chi connectivity index (χ3v) is 6.85. The van der Waals surface area contributed by atoms with Crippen molar-refractivity contribution in [2.24, 2.45) is 0 Å². The van der Waals surface area contributed by atoms with Crippen molar-refractivity contribution in [2.75, 3.05) is 20.1 Å². The van der Waals surface area contributed by atoms with Crippen LogP contribution >= 0.6 is 0 Å². The van der Waals surface area contributed by atoms with Gasteiger partial charge in [0, 0.05) is 24.5 Å². The number of imidazole rings is 1. The Labute approximate surface area is 211 Å². The molecule has 0 saturated carbocycles. The lowest BCUT2D eigenvalue weighted by Crippen LogP contribution is -2.31. The number of fused-ring (bicyclic) bond motifs is 2. The molecule has 2 aliphatic heterocycles. The molecule has 2 atom stereocenters. The molecule has 37 heavy (non-hydrogen) atoms. The molecule has 2 N–H and O–H groups in total. The van der Waals surface area contributed by atoms with E-state index in [9.17, 15) is 13.6 Å². The zero-order valence-electron chi connectivity index (χ0n) is 20.4. The van der Waals surface area contributed by atoms with Crippen LogP contribution in [-0.2, 0) is 17.8 Å². The highest BCUT2D eigenvalue weighted by molar-refractivity contribution is 5.92. The van der Waals surface area contributed by atoms with Gasteiger partial charge in [-0.25, -0.2) is 18.6 Å². The molecule has 2 aromatic heterocycles. The van der Waals surface area contributed by atoms with Crippen LogP contribution < -0.4 is 4.74 Å². The van der Waals surface area contributed by atoms with Crippen LogP contribution in [0.4, 0.5) is 13.6 Å². The summed E-state index contributed by atoms with van der Waals surface area (Å²) < 4.78 is 38.9. The van der Waals surface area contributed by atoms with Crippen molar-refractivity contribution >= 4 is 17.0 Å². The number of hydrogen-bond acceptors (Lipinski definition) is 6. The summed E-state index contributed by atoms with van der Waals surface area (Å²) in [4.78, 5) is 24.4. The summed E-state index contributed by atoms with van der Waals surface area (Å²) in [6.45, 7) is 4.17. The van der Waals surface area contributed by atoms with Crippen molar-refractivity contribution in [1.82, 2.24) is 30.0 Å². The maximum absolute atomic E-state index is 13.6. The summed E-state index contributed by atoms with van der Waals surface area (Å²) in [5, 5.41) is 8.20. The normalized spacial score (nSPS) is 18.4. The molecule has 1 fully saturated rings. The number of nitrogens with zero attached hydrogens (tertiary/aromatic N) is 4. The van der Waals surface area contributed by atoms with Gasteiger partial charge in [0.25, 0.3) is 0 Å². The Kier molecular flexibility index (Phi) is 5.79. The van der Waals surface area contributed by atoms with E-state index in [1.165, 1.54) is 12.1 Å². The van der Waals surface area contributed by atoms with Gasteiger partial charge in [-0.05, 0) is 56.3 Å². The Bertz CT molecular complexity index is 1440. The van der Waals surface area contributed by atoms with Gasteiger partial charge in [0.05, 0.1) is 30.0 Å². The third-order valence-electron chi connectivity index (χ3n) is 6.85. The van der Waals surface area contributed by atoms with Crippen molar-refractivity contribution < 1.29 is 23.0 Å². The van der Waals surface area contributed by atoms with Gasteiger partial charge in [0.1, 0.15) is 35.3 Å². The smallest absolute Gasteiger partial charge is 0.410 e. The fourth-order valence-corrected chi connectivity index (χ4v) is 4.91. The predicted octanol–water partition coefficient (Wildman–Crippen LogP) is 4.53. The number of halogens is 2. The van der Waals surface area contributed by atoms with Crippen LogP contribution in [0.1, 0.15) is 36.4 Å². The van der Waals surface area contributed by atoms with Gasteiger partial charge in [0.15, 0.2) is 5.82 Å². The second-order valence-electron chi connectivity index (χ2n) is 9.67. The molecule has 1 saturated heterocycles. The average molecular weight is 509 g/mol. The van der Waals surface area contributed by atoms with Gasteiger partial charge in [-0.15, -0.1) is 0 Å². The number of hydrogen-bond donors (Lipinski definition) is 2. The molecule has 0 aliphatic carbocycles. The first-order valence-electron chi connectivity index (χ1n) is 12.2. The van der Waals surface area contributed by atoms with E-state index >= 15 is 0 Å². The summed E-state index contributed by atoms with van der Waals surface area (Å²) >= 11 is 0. The molecular formula is C26H26F2N6O3. The number of carbonyl (C=O) groups is 1. The molecule has 0 spiro atoms. The molecule has 1 amide bonds. The molecule has 2 aliphatic rings. The molecule has 0 bridgehead atoms. The van der Waals surface area contributed by atoms with Crippen molar-refractivity contribution in [3.05, 3.63) is 65.0 Å². The molecule has 11 heteroatoms. The van der Waals surface area contributed by atoms with E-state index in [1.807, 2.05) is 19.2 Å². The van der Waals surface area contributed by atoms with E-state index in [-0.39, 0.29) is 12.2 Å². The van der Waals surface area contributed by atoms with Gasteiger partial charge >= 0.3 is 6.09 Å². The second-order valence-corrected chi connectivity index (χ2v) is 9.67. The number of benzene rings is 2. The van der Waals surface area contributed by atoms with Crippen LogP contribution in [0.15, 0.2) is 36.4 Å². The van der Waals surface area contributed by atoms with Crippen LogP contribution in [0.25, 0.3) is 22.4 Å². The summed E-state index contributed by atoms with van der Waals surface area (Å²) in [7, 11) is 2.01. The molecule has 4 aromatic rings. The number of ether oxygens (including phenoxy) is 2. The number of likely N-dealkylation sites (N-methyl/N-ethyl adjacent to an activating group) is 1. The number of rotatable bonds is 5. The van der Waals surface area contributed by atoms with Crippen LogP contribution in [0.5, 0.6) is 5.75 Å². The number of H-pyrrole nitrogens is 2. The molecule has 6 rings (SSSR count). The van der Waals surface area contributed by atoms with Crippen LogP contribution in [-0.4, -0.2) is 62.3 Å². The molecule has 9 nitrogen and oxygen atoms in total. The van der Waals surface area contributed by atoms with E-state index in [4.69, 9.17) is 14.5 Å². The molecule has 2 aromatic carbocycles. The lowest BCUT2D eigenvalue weighted by atomic mass is 10.1. The van der Waals surface area contributed by atoms with Crippen LogP contribution in [0, 0.1) is 11.6 Å². The van der Waals surface area contributed by atoms with Gasteiger partial charge in [-0.2, -0.15) is 5.10 Å². The van der Waals surface area contributed by atoms with E-state index in [1.54, 1.807) is 17.9 Å². The monoisotopic (exact) mass is 508 g/mol. The zero-order chi connectivity index (χ0) is 25.7. The fourth-order valence-electron chi connectivity index (χ4n) is 4.91. The highest BCUT2D eigenvalue weighted by Gasteiger charge is 2.31. The lowest BCUT2D eigenvalue weighted by Gasteiger charge is -2.19. The van der Waals surface area contributed by atoms with E-state index in [2.05, 4.69) is 20.1 Å². The Morgan fingerprint density at radius 1 is 1.16 bits per heavy atom. The summed E-state index contributed by atoms with van der Waals surface area (Å²) in [6.07, 6.45) is -0.123. The summed E-state index contributed by atoms with van der Waals surface area (Å²) in [5.74, 6) is -0.194. The number of aromatic nitrogens is 4. The topological polar surface area (TPSA) is 99.4 Å². The van der Waals surface area contributed by atoms with Crippen molar-refractivity contribution in [1.29, 1.82) is 0 Å². The minimum Gasteiger partial charge on any atom is -0.486 e. The summed E-state index contributed by atoms with van der Waals surface area (Å²) in [6, 6.07) is 8.75. The standard InChI is InChI=1S/C26H26F2N6O3/c1-14(15-7-16(27)9-17(28)8-15)36-18-3-4-21-20(10-18)24(32-31-21)25-29-22-12-34(13-23(22)30-25)26(35)37-19-5-6-33(2)11-19/h3-4,7-10,14,19H,5-6,11-13H2,1-2H3,(H,29,30)(H,31,32). The largest absolute Gasteiger partial charge is 0.486 e. The van der Waals surface area contributed by atoms with Crippen molar-refractivity contribution in [3.8, 4) is 17.3 Å². The van der Waals surface area contributed by atoms with Gasteiger partial charge in [-0.3, -0.25) is 10.00 Å². The van der Waals surface area contributed by atoms with Crippen LogP contribution in [0.2, 0.25) is 0 Å². The quantitative estimate of drug-likeness (QED) is 0.411. The van der Waals surface area contributed by atoms with E-state index < -0.39 is 17.7 Å². The number of nitrogens with one attached hydrogen (secondary N) is 2. The Morgan fingerprint density at radius 2 is 1.97 bits per heavy atom. The number of likely N-dealkylation sites (tertiary alicyclic amines) is 1. The number of carbonyl (C=O) groups excluding carboxylic acids is 1. The minimum absolute atomic E-state index is 0.0746. The van der Waals surface area contributed by atoms with Crippen molar-refractivity contribution in [3.63, 3.8) is 0 Å². The first-order chi connectivity index (χ1) is 17.8. The maximum Gasteiger partial charge on any atom is 0.410 e. The Balaban J connectivity index is 1.18. The van der Waals surface area contributed by atoms with Gasteiger partial charge < -0.3 is 19.4 Å². The first kappa shape index (κ1) is 23.4. The zero-order valence-corrected chi connectivity index (χ0v) is 20.4. The molecular weight excluding hydrogens is 482 g/mol. The minimum atomic E-state index is -0.651. The SMILES string of the molecule is CC(Oc1ccc2[nH]nc(-c3nc4c([nH]3)CN(C(=O)OC3CCN(C)C3)C4)c2c1)c1cc(F)cc(F)c1. The van der Waals surface area contributed by atoms with Gasteiger partial charge in [0.2, 0.25) is 0 Å². The third kappa shape index (κ3) is 4.62. The molecule has 4 heterocycles. The van der Waals surface area contributed by atoms with E-state index in [0.29, 0.717) is 35.9 Å². The summed E-state index contributed by atoms with van der Waals surface area (Å²) in [5.41, 5.74) is 3.43. The number of aromatic amines is 2.